The molecule has 1 saturated heterocycles. The molecule has 0 aromatic heterocycles. The maximum atomic E-state index is 10.6. The van der Waals surface area contributed by atoms with Gasteiger partial charge < -0.3 is 10.1 Å². The van der Waals surface area contributed by atoms with E-state index in [4.69, 9.17) is 4.74 Å². The van der Waals surface area contributed by atoms with Crippen LogP contribution in [-0.4, -0.2) is 12.1 Å². The monoisotopic (exact) mass is 255 g/mol. The third-order valence-electron chi connectivity index (χ3n) is 2.10. The largest absolute Gasteiger partial charge is 0.470 e. The van der Waals surface area contributed by atoms with Crippen molar-refractivity contribution < 1.29 is 9.53 Å². The first-order valence-electron chi connectivity index (χ1n) is 4.37. The Kier molecular flexibility index (Phi) is 2.46. The smallest absolute Gasteiger partial charge is 0.228 e. The second-order valence-corrected chi connectivity index (χ2v) is 4.20. The predicted molar refractivity (Wildman–Crippen MR) is 56.1 cm³/mol. The van der Waals surface area contributed by atoms with Gasteiger partial charge in [0, 0.05) is 4.47 Å². The summed E-state index contributed by atoms with van der Waals surface area (Å²) >= 11 is 3.38. The molecule has 1 fully saturated rings. The van der Waals surface area contributed by atoms with E-state index in [1.807, 2.05) is 25.1 Å². The van der Waals surface area contributed by atoms with Gasteiger partial charge in [0.05, 0.1) is 6.42 Å². The summed E-state index contributed by atoms with van der Waals surface area (Å²) in [7, 11) is 0. The predicted octanol–water partition coefficient (Wildman–Crippen LogP) is 1.98. The molecule has 1 aliphatic heterocycles. The van der Waals surface area contributed by atoms with E-state index >= 15 is 0 Å². The van der Waals surface area contributed by atoms with Gasteiger partial charge in [-0.05, 0) is 30.7 Å². The highest BCUT2D eigenvalue weighted by molar-refractivity contribution is 9.10. The number of ether oxygens (including phenoxy) is 1. The quantitative estimate of drug-likeness (QED) is 0.821. The molecule has 0 radical (unpaired) electrons. The van der Waals surface area contributed by atoms with E-state index in [-0.39, 0.29) is 12.1 Å². The molecule has 1 aromatic carbocycles. The lowest BCUT2D eigenvalue weighted by atomic mass is 10.2. The number of β-lactam (4-membered cyclic amide) rings is 1. The molecule has 4 heteroatoms. The summed E-state index contributed by atoms with van der Waals surface area (Å²) in [6.07, 6.45) is 0.303. The molecule has 1 amide bonds. The number of carbonyl (C=O) groups is 1. The maximum absolute atomic E-state index is 10.6. The minimum atomic E-state index is -0.151. The second kappa shape index (κ2) is 3.61. The van der Waals surface area contributed by atoms with Crippen LogP contribution in [0.1, 0.15) is 12.0 Å². The number of carbonyl (C=O) groups excluding carboxylic acids is 1. The summed E-state index contributed by atoms with van der Waals surface area (Å²) in [4.78, 5) is 10.6. The van der Waals surface area contributed by atoms with Crippen LogP contribution >= 0.6 is 15.9 Å². The van der Waals surface area contributed by atoms with E-state index in [9.17, 15) is 4.79 Å². The molecule has 74 valence electrons. The van der Waals surface area contributed by atoms with Crippen molar-refractivity contribution in [2.24, 2.45) is 0 Å². The van der Waals surface area contributed by atoms with Gasteiger partial charge in [-0.3, -0.25) is 4.79 Å². The molecule has 3 nitrogen and oxygen atoms in total. The first-order chi connectivity index (χ1) is 6.65. The van der Waals surface area contributed by atoms with E-state index < -0.39 is 0 Å². The van der Waals surface area contributed by atoms with Gasteiger partial charge in [0.25, 0.3) is 0 Å². The lowest BCUT2D eigenvalue weighted by Gasteiger charge is -2.28. The fourth-order valence-corrected chi connectivity index (χ4v) is 1.77. The highest BCUT2D eigenvalue weighted by atomic mass is 79.9. The zero-order valence-electron chi connectivity index (χ0n) is 7.71. The SMILES string of the molecule is Cc1cc(Br)ccc1O[C@@H]1CC(=O)N1. The Balaban J connectivity index is 2.06. The average molecular weight is 256 g/mol. The zero-order valence-corrected chi connectivity index (χ0v) is 9.30. The number of halogens is 1. The van der Waals surface area contributed by atoms with Gasteiger partial charge in [-0.25, -0.2) is 0 Å². The third-order valence-corrected chi connectivity index (χ3v) is 2.59. The van der Waals surface area contributed by atoms with Crippen LogP contribution < -0.4 is 10.1 Å². The van der Waals surface area contributed by atoms with E-state index in [0.29, 0.717) is 6.42 Å². The summed E-state index contributed by atoms with van der Waals surface area (Å²) in [5.41, 5.74) is 1.06. The van der Waals surface area contributed by atoms with Crippen molar-refractivity contribution in [3.8, 4) is 5.75 Å². The Labute approximate surface area is 90.6 Å². The van der Waals surface area contributed by atoms with Crippen LogP contribution in [0.15, 0.2) is 22.7 Å². The Morgan fingerprint density at radius 1 is 1.57 bits per heavy atom. The van der Waals surface area contributed by atoms with E-state index in [1.165, 1.54) is 0 Å². The molecule has 0 unspecified atom stereocenters. The van der Waals surface area contributed by atoms with Crippen molar-refractivity contribution in [3.05, 3.63) is 28.2 Å². The maximum Gasteiger partial charge on any atom is 0.228 e. The van der Waals surface area contributed by atoms with Crippen LogP contribution in [0.3, 0.4) is 0 Å². The Bertz CT molecular complexity index is 370. The summed E-state index contributed by atoms with van der Waals surface area (Å²) in [5.74, 6) is 0.864. The van der Waals surface area contributed by atoms with Gasteiger partial charge >= 0.3 is 0 Å². The minimum Gasteiger partial charge on any atom is -0.470 e. The van der Waals surface area contributed by atoms with Gasteiger partial charge in [-0.1, -0.05) is 15.9 Å². The van der Waals surface area contributed by atoms with Gasteiger partial charge in [0.2, 0.25) is 5.91 Å². The fraction of sp³-hybridized carbons (Fsp3) is 0.300. The third kappa shape index (κ3) is 1.90. The van der Waals surface area contributed by atoms with Gasteiger partial charge in [0.1, 0.15) is 5.75 Å². The minimum absolute atomic E-state index is 0.0461. The number of aryl methyl sites for hydroxylation is 1. The first kappa shape index (κ1) is 9.52. The Hall–Kier alpha value is -1.03. The number of nitrogens with one attached hydrogen (secondary N) is 1. The van der Waals surface area contributed by atoms with Crippen LogP contribution in [0.5, 0.6) is 5.75 Å². The van der Waals surface area contributed by atoms with Crippen LogP contribution in [0, 0.1) is 6.92 Å². The lowest BCUT2D eigenvalue weighted by molar-refractivity contribution is -0.134. The van der Waals surface area contributed by atoms with Gasteiger partial charge in [-0.15, -0.1) is 0 Å². The number of hydrogen-bond acceptors (Lipinski definition) is 2. The first-order valence-corrected chi connectivity index (χ1v) is 5.16. The van der Waals surface area contributed by atoms with Crippen molar-refractivity contribution >= 4 is 21.8 Å². The average Bonchev–Trinajstić information content (AvgIpc) is 2.06. The molecule has 0 aliphatic carbocycles. The van der Waals surface area contributed by atoms with Crippen molar-refractivity contribution in [1.82, 2.24) is 5.32 Å². The molecule has 1 heterocycles. The lowest BCUT2D eigenvalue weighted by Crippen LogP contribution is -2.51. The topological polar surface area (TPSA) is 38.3 Å². The zero-order chi connectivity index (χ0) is 10.1. The molecule has 1 atom stereocenters. The molecule has 1 aromatic rings. The molecule has 14 heavy (non-hydrogen) atoms. The van der Waals surface area contributed by atoms with Crippen LogP contribution in [0.2, 0.25) is 0 Å². The number of amides is 1. The van der Waals surface area contributed by atoms with Crippen LogP contribution in [-0.2, 0) is 4.79 Å². The van der Waals surface area contributed by atoms with Gasteiger partial charge in [-0.2, -0.15) is 0 Å². The van der Waals surface area contributed by atoms with Crippen molar-refractivity contribution in [2.45, 2.75) is 19.6 Å². The van der Waals surface area contributed by atoms with Gasteiger partial charge in [0.15, 0.2) is 6.23 Å². The van der Waals surface area contributed by atoms with E-state index in [0.717, 1.165) is 15.8 Å². The molecule has 2 rings (SSSR count). The number of benzene rings is 1. The second-order valence-electron chi connectivity index (χ2n) is 3.29. The van der Waals surface area contributed by atoms with Crippen molar-refractivity contribution in [3.63, 3.8) is 0 Å². The highest BCUT2D eigenvalue weighted by Crippen LogP contribution is 2.24. The van der Waals surface area contributed by atoms with Crippen LogP contribution in [0.4, 0.5) is 0 Å². The molecule has 1 aliphatic rings. The van der Waals surface area contributed by atoms with Crippen molar-refractivity contribution in [2.75, 3.05) is 0 Å². The Morgan fingerprint density at radius 2 is 2.29 bits per heavy atom. The molecule has 0 bridgehead atoms. The summed E-state index contributed by atoms with van der Waals surface area (Å²) in [6.45, 7) is 1.97. The number of rotatable bonds is 2. The van der Waals surface area contributed by atoms with E-state index in [1.54, 1.807) is 0 Å². The fourth-order valence-electron chi connectivity index (χ4n) is 1.30. The van der Waals surface area contributed by atoms with Crippen LogP contribution in [0.25, 0.3) is 0 Å². The number of hydrogen-bond donors (Lipinski definition) is 1. The molecule has 1 N–H and O–H groups in total. The summed E-state index contributed by atoms with van der Waals surface area (Å²) < 4.78 is 6.58. The van der Waals surface area contributed by atoms with Crippen molar-refractivity contribution in [1.29, 1.82) is 0 Å². The Morgan fingerprint density at radius 3 is 2.86 bits per heavy atom. The standard InChI is InChI=1S/C10H10BrNO2/c1-6-4-7(11)2-3-8(6)14-10-5-9(13)12-10/h2-4,10H,5H2,1H3,(H,12,13)/t10-/m1/s1. The molecular weight excluding hydrogens is 246 g/mol. The molecule has 0 saturated carbocycles. The summed E-state index contributed by atoms with van der Waals surface area (Å²) in [5, 5.41) is 2.66. The molecule has 0 spiro atoms. The van der Waals surface area contributed by atoms with E-state index in [2.05, 4.69) is 21.2 Å². The summed E-state index contributed by atoms with van der Waals surface area (Å²) in [6, 6.07) is 5.79. The normalized spacial score (nSPS) is 19.9. The molecular formula is C10H10BrNO2. The highest BCUT2D eigenvalue weighted by Gasteiger charge is 2.27.